The van der Waals surface area contributed by atoms with Gasteiger partial charge in [0.2, 0.25) is 11.8 Å². The SMILES string of the molecule is COc1ccc2c(c1)CN(C(=O)CN1C(=O)CCc3cc(-c4ccccn4)cnc31)CC2. The molecule has 32 heavy (non-hydrogen) atoms. The first-order valence-corrected chi connectivity index (χ1v) is 10.8. The van der Waals surface area contributed by atoms with Crippen LogP contribution >= 0.6 is 0 Å². The predicted octanol–water partition coefficient (Wildman–Crippen LogP) is 3.02. The first-order chi connectivity index (χ1) is 15.6. The highest BCUT2D eigenvalue weighted by Crippen LogP contribution is 2.30. The van der Waals surface area contributed by atoms with Crippen molar-refractivity contribution in [2.24, 2.45) is 0 Å². The molecular formula is C25H24N4O3. The lowest BCUT2D eigenvalue weighted by atomic mass is 9.99. The molecule has 2 aliphatic rings. The fourth-order valence-electron chi connectivity index (χ4n) is 4.37. The molecule has 2 aliphatic heterocycles. The van der Waals surface area contributed by atoms with Crippen LogP contribution in [0.1, 0.15) is 23.1 Å². The Morgan fingerprint density at radius 2 is 1.94 bits per heavy atom. The van der Waals surface area contributed by atoms with Crippen molar-refractivity contribution in [2.75, 3.05) is 25.1 Å². The lowest BCUT2D eigenvalue weighted by Gasteiger charge is -2.33. The van der Waals surface area contributed by atoms with Gasteiger partial charge in [-0.2, -0.15) is 0 Å². The fraction of sp³-hybridized carbons (Fsp3) is 0.280. The molecule has 3 aromatic rings. The average Bonchev–Trinajstić information content (AvgIpc) is 2.85. The first-order valence-electron chi connectivity index (χ1n) is 10.8. The number of nitrogens with zero attached hydrogens (tertiary/aromatic N) is 4. The van der Waals surface area contributed by atoms with Gasteiger partial charge in [-0.05, 0) is 59.9 Å². The van der Waals surface area contributed by atoms with E-state index in [1.165, 1.54) is 10.5 Å². The van der Waals surface area contributed by atoms with E-state index in [0.29, 0.717) is 31.7 Å². The summed E-state index contributed by atoms with van der Waals surface area (Å²) in [4.78, 5) is 38.1. The van der Waals surface area contributed by atoms with Crippen molar-refractivity contribution >= 4 is 17.6 Å². The van der Waals surface area contributed by atoms with Gasteiger partial charge in [0.15, 0.2) is 0 Å². The van der Waals surface area contributed by atoms with Crippen LogP contribution in [-0.4, -0.2) is 46.9 Å². The number of amides is 2. The Morgan fingerprint density at radius 1 is 1.03 bits per heavy atom. The topological polar surface area (TPSA) is 75.6 Å². The maximum absolute atomic E-state index is 13.1. The van der Waals surface area contributed by atoms with Gasteiger partial charge in [-0.25, -0.2) is 4.98 Å². The molecule has 0 bridgehead atoms. The van der Waals surface area contributed by atoms with Gasteiger partial charge in [-0.1, -0.05) is 12.1 Å². The summed E-state index contributed by atoms with van der Waals surface area (Å²) >= 11 is 0. The van der Waals surface area contributed by atoms with Gasteiger partial charge in [0.1, 0.15) is 18.1 Å². The van der Waals surface area contributed by atoms with E-state index in [-0.39, 0.29) is 18.4 Å². The first kappa shape index (κ1) is 20.2. The second-order valence-electron chi connectivity index (χ2n) is 8.10. The van der Waals surface area contributed by atoms with Crippen LogP contribution in [0.4, 0.5) is 5.82 Å². The van der Waals surface area contributed by atoms with Crippen LogP contribution in [-0.2, 0) is 29.0 Å². The lowest BCUT2D eigenvalue weighted by molar-refractivity contribution is -0.132. The summed E-state index contributed by atoms with van der Waals surface area (Å²) in [5.74, 6) is 1.22. The minimum absolute atomic E-state index is 0.00106. The van der Waals surface area contributed by atoms with Crippen molar-refractivity contribution in [3.05, 3.63) is 71.5 Å². The average molecular weight is 428 g/mol. The van der Waals surface area contributed by atoms with E-state index in [4.69, 9.17) is 4.74 Å². The number of rotatable bonds is 4. The normalized spacial score (nSPS) is 15.2. The van der Waals surface area contributed by atoms with E-state index < -0.39 is 0 Å². The number of hydrogen-bond acceptors (Lipinski definition) is 5. The number of carbonyl (C=O) groups excluding carboxylic acids is 2. The molecule has 0 radical (unpaired) electrons. The standard InChI is InChI=1S/C25H24N4O3/c1-32-21-7-5-17-9-11-28(15-20(17)13-21)24(31)16-29-23(30)8-6-18-12-19(14-27-25(18)29)22-4-2-3-10-26-22/h2-5,7,10,12-14H,6,8-9,11,15-16H2,1H3. The van der Waals surface area contributed by atoms with Crippen LogP contribution in [0.15, 0.2) is 54.9 Å². The molecule has 5 rings (SSSR count). The second kappa shape index (κ2) is 8.42. The largest absolute Gasteiger partial charge is 0.497 e. The Balaban J connectivity index is 1.35. The van der Waals surface area contributed by atoms with Gasteiger partial charge in [-0.3, -0.25) is 19.5 Å². The molecule has 0 atom stereocenters. The molecule has 162 valence electrons. The highest BCUT2D eigenvalue weighted by atomic mass is 16.5. The number of hydrogen-bond donors (Lipinski definition) is 0. The zero-order valence-corrected chi connectivity index (χ0v) is 18.0. The Bertz CT molecular complexity index is 1180. The number of pyridine rings is 2. The van der Waals surface area contributed by atoms with Gasteiger partial charge in [0.05, 0.1) is 12.8 Å². The third kappa shape index (κ3) is 3.82. The third-order valence-corrected chi connectivity index (χ3v) is 6.14. The summed E-state index contributed by atoms with van der Waals surface area (Å²) in [5.41, 5.74) is 5.04. The van der Waals surface area contributed by atoms with Crippen LogP contribution in [0.25, 0.3) is 11.3 Å². The van der Waals surface area contributed by atoms with Crippen LogP contribution in [0.2, 0.25) is 0 Å². The quantitative estimate of drug-likeness (QED) is 0.639. The second-order valence-corrected chi connectivity index (χ2v) is 8.10. The molecule has 0 fully saturated rings. The third-order valence-electron chi connectivity index (χ3n) is 6.14. The highest BCUT2D eigenvalue weighted by molar-refractivity contribution is 6.00. The molecule has 2 amide bonds. The molecule has 7 heteroatoms. The molecule has 2 aromatic heterocycles. The lowest BCUT2D eigenvalue weighted by Crippen LogP contribution is -2.46. The van der Waals surface area contributed by atoms with Gasteiger partial charge in [0.25, 0.3) is 0 Å². The zero-order chi connectivity index (χ0) is 22.1. The van der Waals surface area contributed by atoms with Crippen molar-refractivity contribution in [1.82, 2.24) is 14.9 Å². The fourth-order valence-corrected chi connectivity index (χ4v) is 4.37. The minimum Gasteiger partial charge on any atom is -0.497 e. The van der Waals surface area contributed by atoms with Crippen LogP contribution in [0, 0.1) is 0 Å². The van der Waals surface area contributed by atoms with Gasteiger partial charge >= 0.3 is 0 Å². The number of aromatic nitrogens is 2. The Kier molecular flexibility index (Phi) is 5.31. The summed E-state index contributed by atoms with van der Waals surface area (Å²) in [6.45, 7) is 1.16. The molecular weight excluding hydrogens is 404 g/mol. The number of methoxy groups -OCH3 is 1. The van der Waals surface area contributed by atoms with E-state index in [1.807, 2.05) is 41.3 Å². The van der Waals surface area contributed by atoms with Gasteiger partial charge in [-0.15, -0.1) is 0 Å². The molecule has 0 N–H and O–H groups in total. The molecule has 0 saturated carbocycles. The summed E-state index contributed by atoms with van der Waals surface area (Å²) in [6.07, 6.45) is 5.24. The smallest absolute Gasteiger partial charge is 0.243 e. The number of fused-ring (bicyclic) bond motifs is 2. The van der Waals surface area contributed by atoms with E-state index in [9.17, 15) is 9.59 Å². The number of benzene rings is 1. The molecule has 0 unspecified atom stereocenters. The zero-order valence-electron chi connectivity index (χ0n) is 18.0. The summed E-state index contributed by atoms with van der Waals surface area (Å²) in [6, 6.07) is 13.8. The maximum Gasteiger partial charge on any atom is 0.243 e. The number of aryl methyl sites for hydroxylation is 1. The highest BCUT2D eigenvalue weighted by Gasteiger charge is 2.30. The van der Waals surface area contributed by atoms with Gasteiger partial charge in [0, 0.05) is 37.5 Å². The van der Waals surface area contributed by atoms with E-state index in [1.54, 1.807) is 19.5 Å². The Morgan fingerprint density at radius 3 is 2.75 bits per heavy atom. The summed E-state index contributed by atoms with van der Waals surface area (Å²) in [7, 11) is 1.64. The molecule has 1 aromatic carbocycles. The molecule has 4 heterocycles. The molecule has 0 saturated heterocycles. The van der Waals surface area contributed by atoms with E-state index >= 15 is 0 Å². The number of carbonyl (C=O) groups is 2. The van der Waals surface area contributed by atoms with Crippen molar-refractivity contribution in [1.29, 1.82) is 0 Å². The minimum atomic E-state index is -0.0738. The maximum atomic E-state index is 13.1. The predicted molar refractivity (Wildman–Crippen MR) is 120 cm³/mol. The van der Waals surface area contributed by atoms with Crippen molar-refractivity contribution in [2.45, 2.75) is 25.8 Å². The molecule has 0 aliphatic carbocycles. The monoisotopic (exact) mass is 428 g/mol. The molecule has 7 nitrogen and oxygen atoms in total. The molecule has 0 spiro atoms. The Labute approximate surface area is 186 Å². The van der Waals surface area contributed by atoms with Crippen molar-refractivity contribution in [3.8, 4) is 17.0 Å². The van der Waals surface area contributed by atoms with Crippen LogP contribution in [0.3, 0.4) is 0 Å². The van der Waals surface area contributed by atoms with Crippen molar-refractivity contribution < 1.29 is 14.3 Å². The Hall–Kier alpha value is -3.74. The number of ether oxygens (including phenoxy) is 1. The summed E-state index contributed by atoms with van der Waals surface area (Å²) in [5, 5.41) is 0. The summed E-state index contributed by atoms with van der Waals surface area (Å²) < 4.78 is 5.32. The number of anilines is 1. The van der Waals surface area contributed by atoms with Gasteiger partial charge < -0.3 is 9.64 Å². The van der Waals surface area contributed by atoms with E-state index in [0.717, 1.165) is 34.6 Å². The van der Waals surface area contributed by atoms with Crippen molar-refractivity contribution in [3.63, 3.8) is 0 Å². The van der Waals surface area contributed by atoms with Crippen LogP contribution in [0.5, 0.6) is 5.75 Å². The van der Waals surface area contributed by atoms with Crippen LogP contribution < -0.4 is 9.64 Å². The van der Waals surface area contributed by atoms with E-state index in [2.05, 4.69) is 16.0 Å².